The van der Waals surface area contributed by atoms with E-state index in [0.717, 1.165) is 32.5 Å². The van der Waals surface area contributed by atoms with Gasteiger partial charge in [0.2, 0.25) is 0 Å². The van der Waals surface area contributed by atoms with Gasteiger partial charge >= 0.3 is 0 Å². The Morgan fingerprint density at radius 3 is 2.18 bits per heavy atom. The van der Waals surface area contributed by atoms with Crippen molar-refractivity contribution in [2.45, 2.75) is 65.7 Å². The normalized spacial score (nSPS) is 11.7. The van der Waals surface area contributed by atoms with Gasteiger partial charge in [-0.2, -0.15) is 0 Å². The largest absolute Gasteiger partial charge is 0.387 e. The summed E-state index contributed by atoms with van der Waals surface area (Å²) in [5.74, 6) is 0.290. The summed E-state index contributed by atoms with van der Waals surface area (Å²) in [7, 11) is 0. The molecule has 0 saturated carbocycles. The maximum atomic E-state index is 7.45. The number of hydrogen-bond donors (Lipinski definition) is 2. The Kier molecular flexibility index (Phi) is 9.14. The highest BCUT2D eigenvalue weighted by atomic mass is 16.5. The third-order valence-electron chi connectivity index (χ3n) is 3.21. The van der Waals surface area contributed by atoms with Gasteiger partial charge in [0.1, 0.15) is 0 Å². The van der Waals surface area contributed by atoms with Crippen molar-refractivity contribution in [3.63, 3.8) is 0 Å². The Labute approximate surface area is 107 Å². The van der Waals surface area contributed by atoms with Gasteiger partial charge in [-0.05, 0) is 19.3 Å². The van der Waals surface area contributed by atoms with E-state index in [0.29, 0.717) is 0 Å². The van der Waals surface area contributed by atoms with E-state index in [9.17, 15) is 0 Å². The first-order valence-electron chi connectivity index (χ1n) is 6.93. The number of amidine groups is 1. The zero-order valence-corrected chi connectivity index (χ0v) is 11.8. The number of hydrogen-bond acceptors (Lipinski definition) is 2. The molecule has 0 aliphatic carbocycles. The average molecular weight is 242 g/mol. The van der Waals surface area contributed by atoms with Crippen molar-refractivity contribution in [3.05, 3.63) is 0 Å². The standard InChI is InChI=1S/C14H30N2O/c1-4-5-6-8-11-17-12-9-7-10-14(2,3)13(15)16/h4-12H2,1-3H3,(H3,15,16). The van der Waals surface area contributed by atoms with Gasteiger partial charge in [-0.25, -0.2) is 0 Å². The van der Waals surface area contributed by atoms with Gasteiger partial charge in [-0.3, -0.25) is 5.41 Å². The van der Waals surface area contributed by atoms with Crippen LogP contribution in [0.5, 0.6) is 0 Å². The van der Waals surface area contributed by atoms with Crippen molar-refractivity contribution in [1.29, 1.82) is 5.41 Å². The van der Waals surface area contributed by atoms with E-state index in [1.165, 1.54) is 25.7 Å². The number of nitrogens with one attached hydrogen (secondary N) is 1. The van der Waals surface area contributed by atoms with E-state index >= 15 is 0 Å². The van der Waals surface area contributed by atoms with Crippen molar-refractivity contribution in [2.24, 2.45) is 11.1 Å². The van der Waals surface area contributed by atoms with Crippen LogP contribution in [0.25, 0.3) is 0 Å². The molecule has 3 N–H and O–H groups in total. The lowest BCUT2D eigenvalue weighted by atomic mass is 9.86. The minimum Gasteiger partial charge on any atom is -0.387 e. The summed E-state index contributed by atoms with van der Waals surface area (Å²) in [5.41, 5.74) is 5.38. The third kappa shape index (κ3) is 9.16. The van der Waals surface area contributed by atoms with E-state index in [2.05, 4.69) is 6.92 Å². The lowest BCUT2D eigenvalue weighted by Gasteiger charge is -2.22. The molecule has 0 spiro atoms. The molecule has 3 nitrogen and oxygen atoms in total. The highest BCUT2D eigenvalue weighted by molar-refractivity contribution is 5.82. The molecule has 102 valence electrons. The molecule has 0 aromatic rings. The van der Waals surface area contributed by atoms with E-state index in [1.807, 2.05) is 13.8 Å². The van der Waals surface area contributed by atoms with Gasteiger partial charge in [0.25, 0.3) is 0 Å². The van der Waals surface area contributed by atoms with Crippen molar-refractivity contribution in [1.82, 2.24) is 0 Å². The molecular formula is C14H30N2O. The van der Waals surface area contributed by atoms with Crippen LogP contribution in [0.3, 0.4) is 0 Å². The molecule has 0 aromatic heterocycles. The van der Waals surface area contributed by atoms with Crippen LogP contribution in [0.2, 0.25) is 0 Å². The molecule has 0 aliphatic rings. The van der Waals surface area contributed by atoms with Crippen LogP contribution >= 0.6 is 0 Å². The molecule has 0 rings (SSSR count). The summed E-state index contributed by atoms with van der Waals surface area (Å²) in [5, 5.41) is 7.45. The summed E-state index contributed by atoms with van der Waals surface area (Å²) in [4.78, 5) is 0. The van der Waals surface area contributed by atoms with Gasteiger partial charge in [-0.15, -0.1) is 0 Å². The Morgan fingerprint density at radius 1 is 1.06 bits per heavy atom. The molecule has 17 heavy (non-hydrogen) atoms. The van der Waals surface area contributed by atoms with Gasteiger partial charge in [0.15, 0.2) is 0 Å². The van der Waals surface area contributed by atoms with Crippen molar-refractivity contribution < 1.29 is 4.74 Å². The first-order chi connectivity index (χ1) is 8.00. The van der Waals surface area contributed by atoms with Gasteiger partial charge in [-0.1, -0.05) is 46.5 Å². The molecule has 0 fully saturated rings. The Bertz CT molecular complexity index is 202. The van der Waals surface area contributed by atoms with Crippen LogP contribution in [0, 0.1) is 10.8 Å². The number of nitrogens with two attached hydrogens (primary N) is 1. The van der Waals surface area contributed by atoms with Gasteiger partial charge in [0, 0.05) is 18.6 Å². The molecule has 0 radical (unpaired) electrons. The second-order valence-corrected chi connectivity index (χ2v) is 5.43. The molecule has 0 unspecified atom stereocenters. The van der Waals surface area contributed by atoms with Crippen LogP contribution in [0.4, 0.5) is 0 Å². The zero-order chi connectivity index (χ0) is 13.1. The molecule has 0 aromatic carbocycles. The predicted molar refractivity (Wildman–Crippen MR) is 74.5 cm³/mol. The van der Waals surface area contributed by atoms with Crippen LogP contribution in [0.1, 0.15) is 65.7 Å². The zero-order valence-electron chi connectivity index (χ0n) is 11.8. The van der Waals surface area contributed by atoms with Crippen LogP contribution in [0.15, 0.2) is 0 Å². The van der Waals surface area contributed by atoms with Crippen molar-refractivity contribution >= 4 is 5.84 Å². The lowest BCUT2D eigenvalue weighted by molar-refractivity contribution is 0.124. The fraction of sp³-hybridized carbons (Fsp3) is 0.929. The van der Waals surface area contributed by atoms with Crippen molar-refractivity contribution in [3.8, 4) is 0 Å². The van der Waals surface area contributed by atoms with Gasteiger partial charge in [0.05, 0.1) is 5.84 Å². The molecule has 0 heterocycles. The second-order valence-electron chi connectivity index (χ2n) is 5.43. The Morgan fingerprint density at radius 2 is 1.65 bits per heavy atom. The summed E-state index contributed by atoms with van der Waals surface area (Å²) < 4.78 is 5.57. The van der Waals surface area contributed by atoms with Crippen LogP contribution in [-0.4, -0.2) is 19.0 Å². The highest BCUT2D eigenvalue weighted by Gasteiger charge is 2.20. The average Bonchev–Trinajstić information content (AvgIpc) is 2.26. The maximum absolute atomic E-state index is 7.45. The summed E-state index contributed by atoms with van der Waals surface area (Å²) >= 11 is 0. The van der Waals surface area contributed by atoms with E-state index in [1.54, 1.807) is 0 Å². The Hall–Kier alpha value is -0.570. The summed E-state index contributed by atoms with van der Waals surface area (Å²) in [6.07, 6.45) is 8.20. The first-order valence-corrected chi connectivity index (χ1v) is 6.93. The number of rotatable bonds is 11. The summed E-state index contributed by atoms with van der Waals surface area (Å²) in [6.45, 7) is 8.02. The monoisotopic (exact) mass is 242 g/mol. The predicted octanol–water partition coefficient (Wildman–Crippen LogP) is 3.72. The lowest BCUT2D eigenvalue weighted by Crippen LogP contribution is -2.30. The quantitative estimate of drug-likeness (QED) is 0.329. The summed E-state index contributed by atoms with van der Waals surface area (Å²) in [6, 6.07) is 0. The highest BCUT2D eigenvalue weighted by Crippen LogP contribution is 2.22. The molecule has 0 bridgehead atoms. The van der Waals surface area contributed by atoms with Crippen LogP contribution < -0.4 is 5.73 Å². The topological polar surface area (TPSA) is 59.1 Å². The van der Waals surface area contributed by atoms with E-state index in [4.69, 9.17) is 15.9 Å². The van der Waals surface area contributed by atoms with Gasteiger partial charge < -0.3 is 10.5 Å². The smallest absolute Gasteiger partial charge is 0.0963 e. The molecule has 0 aliphatic heterocycles. The second kappa shape index (κ2) is 9.46. The number of unbranched alkanes of at least 4 members (excludes halogenated alkanes) is 4. The molecule has 0 saturated heterocycles. The minimum atomic E-state index is -0.152. The molecule has 3 heteroatoms. The van der Waals surface area contributed by atoms with Crippen molar-refractivity contribution in [2.75, 3.05) is 13.2 Å². The van der Waals surface area contributed by atoms with E-state index < -0.39 is 0 Å². The SMILES string of the molecule is CCCCCCOCCCCC(C)(C)C(=N)N. The maximum Gasteiger partial charge on any atom is 0.0963 e. The van der Waals surface area contributed by atoms with Crippen LogP contribution in [-0.2, 0) is 4.74 Å². The fourth-order valence-corrected chi connectivity index (χ4v) is 1.64. The Balaban J connectivity index is 3.27. The van der Waals surface area contributed by atoms with E-state index in [-0.39, 0.29) is 11.3 Å². The number of ether oxygens (including phenoxy) is 1. The third-order valence-corrected chi connectivity index (χ3v) is 3.21. The fourth-order valence-electron chi connectivity index (χ4n) is 1.64. The molecular weight excluding hydrogens is 212 g/mol. The molecule has 0 atom stereocenters. The first kappa shape index (κ1) is 16.4. The minimum absolute atomic E-state index is 0.152. The molecule has 0 amide bonds.